The standard InChI is InChI=1S/C11H14Cl2N2/c12-10-2-1-9(7-11(10)13)8-15-5-3-14-4-6-15/h1-2,7,14H,3-6,8H2. The lowest BCUT2D eigenvalue weighted by Crippen LogP contribution is -2.42. The molecule has 0 spiro atoms. The molecular weight excluding hydrogens is 231 g/mol. The average molecular weight is 245 g/mol. The number of benzene rings is 1. The molecule has 4 heteroatoms. The van der Waals surface area contributed by atoms with E-state index in [0.717, 1.165) is 32.7 Å². The van der Waals surface area contributed by atoms with Crippen molar-refractivity contribution in [2.24, 2.45) is 0 Å². The molecule has 0 unspecified atom stereocenters. The fourth-order valence-electron chi connectivity index (χ4n) is 1.77. The van der Waals surface area contributed by atoms with Gasteiger partial charge in [-0.15, -0.1) is 0 Å². The van der Waals surface area contributed by atoms with Crippen LogP contribution in [0.25, 0.3) is 0 Å². The van der Waals surface area contributed by atoms with Crippen LogP contribution in [0.4, 0.5) is 0 Å². The lowest BCUT2D eigenvalue weighted by Gasteiger charge is -2.27. The predicted octanol–water partition coefficient (Wildman–Crippen LogP) is 2.40. The van der Waals surface area contributed by atoms with E-state index in [9.17, 15) is 0 Å². The van der Waals surface area contributed by atoms with Gasteiger partial charge in [0.15, 0.2) is 0 Å². The Hall–Kier alpha value is -0.280. The third-order valence-corrected chi connectivity index (χ3v) is 3.34. The van der Waals surface area contributed by atoms with E-state index in [-0.39, 0.29) is 0 Å². The van der Waals surface area contributed by atoms with Crippen LogP contribution >= 0.6 is 23.2 Å². The molecule has 2 rings (SSSR count). The number of hydrogen-bond acceptors (Lipinski definition) is 2. The summed E-state index contributed by atoms with van der Waals surface area (Å²) in [5, 5.41) is 4.60. The van der Waals surface area contributed by atoms with Crippen molar-refractivity contribution in [3.63, 3.8) is 0 Å². The SMILES string of the molecule is Clc1ccc(CN2CCNCC2)cc1Cl. The smallest absolute Gasteiger partial charge is 0.0595 e. The second-order valence-electron chi connectivity index (χ2n) is 3.77. The summed E-state index contributed by atoms with van der Waals surface area (Å²) >= 11 is 11.8. The third-order valence-electron chi connectivity index (χ3n) is 2.60. The van der Waals surface area contributed by atoms with Gasteiger partial charge < -0.3 is 5.32 Å². The summed E-state index contributed by atoms with van der Waals surface area (Å²) in [4.78, 5) is 2.41. The summed E-state index contributed by atoms with van der Waals surface area (Å²) in [6, 6.07) is 5.85. The normalized spacial score (nSPS) is 18.0. The highest BCUT2D eigenvalue weighted by molar-refractivity contribution is 6.42. The van der Waals surface area contributed by atoms with Crippen LogP contribution in [0.1, 0.15) is 5.56 Å². The summed E-state index contributed by atoms with van der Waals surface area (Å²) in [6.45, 7) is 5.29. The predicted molar refractivity (Wildman–Crippen MR) is 64.6 cm³/mol. The molecular formula is C11H14Cl2N2. The van der Waals surface area contributed by atoms with Crippen LogP contribution < -0.4 is 5.32 Å². The molecule has 1 saturated heterocycles. The maximum absolute atomic E-state index is 5.97. The minimum absolute atomic E-state index is 0.626. The van der Waals surface area contributed by atoms with Crippen LogP contribution in [-0.4, -0.2) is 31.1 Å². The van der Waals surface area contributed by atoms with E-state index in [1.54, 1.807) is 0 Å². The monoisotopic (exact) mass is 244 g/mol. The number of hydrogen-bond donors (Lipinski definition) is 1. The number of rotatable bonds is 2. The molecule has 0 amide bonds. The Morgan fingerprint density at radius 3 is 2.53 bits per heavy atom. The zero-order valence-electron chi connectivity index (χ0n) is 8.47. The Balaban J connectivity index is 2.00. The summed E-state index contributed by atoms with van der Waals surface area (Å²) in [5.74, 6) is 0. The fourth-order valence-corrected chi connectivity index (χ4v) is 2.09. The molecule has 1 aliphatic rings. The van der Waals surface area contributed by atoms with Gasteiger partial charge in [-0.05, 0) is 17.7 Å². The summed E-state index contributed by atoms with van der Waals surface area (Å²) in [5.41, 5.74) is 1.23. The highest BCUT2D eigenvalue weighted by atomic mass is 35.5. The van der Waals surface area contributed by atoms with Crippen molar-refractivity contribution in [3.05, 3.63) is 33.8 Å². The number of halogens is 2. The van der Waals surface area contributed by atoms with Crippen LogP contribution in [0.15, 0.2) is 18.2 Å². The van der Waals surface area contributed by atoms with E-state index >= 15 is 0 Å². The van der Waals surface area contributed by atoms with Gasteiger partial charge in [-0.2, -0.15) is 0 Å². The molecule has 0 radical (unpaired) electrons. The third kappa shape index (κ3) is 3.08. The lowest BCUT2D eigenvalue weighted by molar-refractivity contribution is 0.233. The summed E-state index contributed by atoms with van der Waals surface area (Å²) < 4.78 is 0. The van der Waals surface area contributed by atoms with Crippen LogP contribution in [0.5, 0.6) is 0 Å². The quantitative estimate of drug-likeness (QED) is 0.860. The Bertz CT molecular complexity index is 335. The first kappa shape index (κ1) is 11.2. The fraction of sp³-hybridized carbons (Fsp3) is 0.455. The van der Waals surface area contributed by atoms with Gasteiger partial charge in [-0.25, -0.2) is 0 Å². The minimum Gasteiger partial charge on any atom is -0.314 e. The van der Waals surface area contributed by atoms with Crippen LogP contribution in [-0.2, 0) is 6.54 Å². The van der Waals surface area contributed by atoms with Gasteiger partial charge in [0.1, 0.15) is 0 Å². The zero-order chi connectivity index (χ0) is 10.7. The second-order valence-corrected chi connectivity index (χ2v) is 4.59. The van der Waals surface area contributed by atoms with Crippen molar-refractivity contribution in [3.8, 4) is 0 Å². The Morgan fingerprint density at radius 2 is 1.87 bits per heavy atom. The lowest BCUT2D eigenvalue weighted by atomic mass is 10.2. The first-order valence-electron chi connectivity index (χ1n) is 5.13. The highest BCUT2D eigenvalue weighted by Gasteiger charge is 2.10. The van der Waals surface area contributed by atoms with E-state index in [0.29, 0.717) is 10.0 Å². The Labute approximate surface area is 100 Å². The first-order valence-corrected chi connectivity index (χ1v) is 5.88. The van der Waals surface area contributed by atoms with E-state index in [1.807, 2.05) is 18.2 Å². The van der Waals surface area contributed by atoms with E-state index in [2.05, 4.69) is 10.2 Å². The van der Waals surface area contributed by atoms with E-state index in [4.69, 9.17) is 23.2 Å². The van der Waals surface area contributed by atoms with Crippen molar-refractivity contribution in [2.45, 2.75) is 6.54 Å². The van der Waals surface area contributed by atoms with Crippen LogP contribution in [0.3, 0.4) is 0 Å². The van der Waals surface area contributed by atoms with Gasteiger partial charge in [-0.1, -0.05) is 29.3 Å². The van der Waals surface area contributed by atoms with Gasteiger partial charge in [0.25, 0.3) is 0 Å². The molecule has 0 saturated carbocycles. The molecule has 0 aromatic heterocycles. The van der Waals surface area contributed by atoms with E-state index < -0.39 is 0 Å². The topological polar surface area (TPSA) is 15.3 Å². The maximum atomic E-state index is 5.97. The Kier molecular flexibility index (Phi) is 3.87. The average Bonchev–Trinajstić information content (AvgIpc) is 2.25. The van der Waals surface area contributed by atoms with E-state index in [1.165, 1.54) is 5.56 Å². The van der Waals surface area contributed by atoms with Crippen LogP contribution in [0.2, 0.25) is 10.0 Å². The second kappa shape index (κ2) is 5.17. The molecule has 0 bridgehead atoms. The first-order chi connectivity index (χ1) is 7.25. The van der Waals surface area contributed by atoms with Gasteiger partial charge in [0.05, 0.1) is 10.0 Å². The van der Waals surface area contributed by atoms with Crippen molar-refractivity contribution in [1.29, 1.82) is 0 Å². The highest BCUT2D eigenvalue weighted by Crippen LogP contribution is 2.23. The molecule has 1 N–H and O–H groups in total. The molecule has 0 aliphatic carbocycles. The molecule has 2 nitrogen and oxygen atoms in total. The van der Waals surface area contributed by atoms with Gasteiger partial charge in [-0.3, -0.25) is 4.90 Å². The van der Waals surface area contributed by atoms with Crippen LogP contribution in [0, 0.1) is 0 Å². The number of piperazine rings is 1. The molecule has 1 aromatic rings. The van der Waals surface area contributed by atoms with Crippen molar-refractivity contribution < 1.29 is 0 Å². The van der Waals surface area contributed by atoms with Crippen molar-refractivity contribution in [2.75, 3.05) is 26.2 Å². The van der Waals surface area contributed by atoms with Gasteiger partial charge >= 0.3 is 0 Å². The molecule has 1 fully saturated rings. The molecule has 1 heterocycles. The molecule has 82 valence electrons. The van der Waals surface area contributed by atoms with Gasteiger partial charge in [0, 0.05) is 32.7 Å². The summed E-state index contributed by atoms with van der Waals surface area (Å²) in [6.07, 6.45) is 0. The number of nitrogens with zero attached hydrogens (tertiary/aromatic N) is 1. The Morgan fingerprint density at radius 1 is 1.13 bits per heavy atom. The maximum Gasteiger partial charge on any atom is 0.0595 e. The van der Waals surface area contributed by atoms with Crippen molar-refractivity contribution in [1.82, 2.24) is 10.2 Å². The molecule has 1 aliphatic heterocycles. The summed E-state index contributed by atoms with van der Waals surface area (Å²) in [7, 11) is 0. The van der Waals surface area contributed by atoms with Crippen molar-refractivity contribution >= 4 is 23.2 Å². The largest absolute Gasteiger partial charge is 0.314 e. The van der Waals surface area contributed by atoms with Gasteiger partial charge in [0.2, 0.25) is 0 Å². The number of nitrogens with one attached hydrogen (secondary N) is 1. The molecule has 1 aromatic carbocycles. The zero-order valence-corrected chi connectivity index (χ0v) is 9.98. The minimum atomic E-state index is 0.626. The molecule has 0 atom stereocenters. The molecule has 15 heavy (non-hydrogen) atoms.